The molecule has 21 heavy (non-hydrogen) atoms. The molecule has 1 unspecified atom stereocenters. The Labute approximate surface area is 123 Å². The van der Waals surface area contributed by atoms with Crippen LogP contribution in [-0.4, -0.2) is 48.5 Å². The highest BCUT2D eigenvalue weighted by Crippen LogP contribution is 2.20. The lowest BCUT2D eigenvalue weighted by molar-refractivity contribution is -0.137. The number of rotatable bonds is 5. The fourth-order valence-electron chi connectivity index (χ4n) is 2.46. The molecule has 1 aliphatic heterocycles. The summed E-state index contributed by atoms with van der Waals surface area (Å²) in [5, 5.41) is 12.8. The normalized spacial score (nSPS) is 19.6. The fraction of sp³-hybridized carbons (Fsp3) is 0.667. The zero-order valence-corrected chi connectivity index (χ0v) is 12.8. The molecule has 0 aromatic carbocycles. The van der Waals surface area contributed by atoms with Crippen molar-refractivity contribution in [3.63, 3.8) is 0 Å². The van der Waals surface area contributed by atoms with Gasteiger partial charge in [-0.15, -0.1) is 0 Å². The summed E-state index contributed by atoms with van der Waals surface area (Å²) in [6.45, 7) is 3.73. The van der Waals surface area contributed by atoms with Crippen molar-refractivity contribution in [1.29, 1.82) is 0 Å². The summed E-state index contributed by atoms with van der Waals surface area (Å²) >= 11 is 0. The van der Waals surface area contributed by atoms with Crippen LogP contribution in [0.5, 0.6) is 0 Å². The van der Waals surface area contributed by atoms with Crippen LogP contribution in [-0.2, 0) is 26.1 Å². The molecular formula is C12H19N3O5S. The molecule has 0 bridgehead atoms. The van der Waals surface area contributed by atoms with E-state index in [0.29, 0.717) is 18.9 Å². The maximum atomic E-state index is 12.5. The second kappa shape index (κ2) is 6.12. The first-order valence-electron chi connectivity index (χ1n) is 6.67. The van der Waals surface area contributed by atoms with Crippen molar-refractivity contribution < 1.29 is 23.1 Å². The van der Waals surface area contributed by atoms with E-state index in [1.54, 1.807) is 13.8 Å². The lowest BCUT2D eigenvalue weighted by atomic mass is 10.1. The van der Waals surface area contributed by atoms with Crippen molar-refractivity contribution in [2.45, 2.75) is 44.2 Å². The third kappa shape index (κ3) is 3.60. The van der Waals surface area contributed by atoms with Crippen LogP contribution < -0.4 is 4.72 Å². The molecule has 1 aromatic rings. The molecule has 1 fully saturated rings. The number of hydrogen-bond acceptors (Lipinski definition) is 5. The number of hydrogen-bond donors (Lipinski definition) is 2. The number of carboxylic acids is 1. The van der Waals surface area contributed by atoms with Gasteiger partial charge in [0.25, 0.3) is 0 Å². The second-order valence-electron chi connectivity index (χ2n) is 5.09. The monoisotopic (exact) mass is 317 g/mol. The molecule has 1 saturated heterocycles. The van der Waals surface area contributed by atoms with Gasteiger partial charge in [-0.25, -0.2) is 13.1 Å². The average Bonchev–Trinajstić information content (AvgIpc) is 2.64. The number of aromatic nitrogens is 2. The standard InChI is InChI=1S/C12H19N3O5S/c1-8-12(9(2)15(13-8)6-11(16)17)21(18,19)14-10-4-3-5-20-7-10/h10,14H,3-7H2,1-2H3,(H,16,17). The van der Waals surface area contributed by atoms with Gasteiger partial charge in [-0.2, -0.15) is 5.10 Å². The van der Waals surface area contributed by atoms with Gasteiger partial charge in [0.1, 0.15) is 11.4 Å². The summed E-state index contributed by atoms with van der Waals surface area (Å²) in [5.41, 5.74) is 0.608. The highest BCUT2D eigenvalue weighted by atomic mass is 32.2. The Morgan fingerprint density at radius 3 is 2.81 bits per heavy atom. The number of nitrogens with one attached hydrogen (secondary N) is 1. The lowest BCUT2D eigenvalue weighted by Crippen LogP contribution is -2.40. The Kier molecular flexibility index (Phi) is 4.64. The molecule has 118 valence electrons. The third-order valence-electron chi connectivity index (χ3n) is 3.35. The quantitative estimate of drug-likeness (QED) is 0.793. The largest absolute Gasteiger partial charge is 0.480 e. The minimum atomic E-state index is -3.74. The summed E-state index contributed by atoms with van der Waals surface area (Å²) in [4.78, 5) is 10.8. The van der Waals surface area contributed by atoms with Crippen LogP contribution in [0.15, 0.2) is 4.90 Å². The molecule has 0 saturated carbocycles. The van der Waals surface area contributed by atoms with E-state index in [0.717, 1.165) is 12.8 Å². The highest BCUT2D eigenvalue weighted by Gasteiger charge is 2.28. The summed E-state index contributed by atoms with van der Waals surface area (Å²) in [6.07, 6.45) is 1.53. The van der Waals surface area contributed by atoms with E-state index in [1.165, 1.54) is 4.68 Å². The minimum absolute atomic E-state index is 0.0503. The Balaban J connectivity index is 2.26. The third-order valence-corrected chi connectivity index (χ3v) is 5.12. The Hall–Kier alpha value is -1.45. The molecular weight excluding hydrogens is 298 g/mol. The Bertz CT molecular complexity index is 632. The van der Waals surface area contributed by atoms with E-state index < -0.39 is 16.0 Å². The minimum Gasteiger partial charge on any atom is -0.480 e. The first kappa shape index (κ1) is 15.9. The van der Waals surface area contributed by atoms with Crippen molar-refractivity contribution in [1.82, 2.24) is 14.5 Å². The van der Waals surface area contributed by atoms with Crippen molar-refractivity contribution in [2.24, 2.45) is 0 Å². The van der Waals surface area contributed by atoms with Crippen molar-refractivity contribution >= 4 is 16.0 Å². The van der Waals surface area contributed by atoms with E-state index in [4.69, 9.17) is 9.84 Å². The molecule has 2 rings (SSSR count). The van der Waals surface area contributed by atoms with Gasteiger partial charge in [-0.1, -0.05) is 0 Å². The van der Waals surface area contributed by atoms with Gasteiger partial charge in [0.15, 0.2) is 0 Å². The van der Waals surface area contributed by atoms with Crippen LogP contribution in [0.25, 0.3) is 0 Å². The van der Waals surface area contributed by atoms with E-state index >= 15 is 0 Å². The van der Waals surface area contributed by atoms with Gasteiger partial charge < -0.3 is 9.84 Å². The zero-order valence-electron chi connectivity index (χ0n) is 12.0. The van der Waals surface area contributed by atoms with E-state index in [9.17, 15) is 13.2 Å². The van der Waals surface area contributed by atoms with Crippen LogP contribution >= 0.6 is 0 Å². The van der Waals surface area contributed by atoms with Gasteiger partial charge in [0.2, 0.25) is 10.0 Å². The number of aryl methyl sites for hydroxylation is 1. The molecule has 1 aromatic heterocycles. The molecule has 1 aliphatic rings. The predicted octanol–water partition coefficient (Wildman–Crippen LogP) is 0.0418. The molecule has 0 aliphatic carbocycles. The van der Waals surface area contributed by atoms with Gasteiger partial charge in [-0.3, -0.25) is 9.48 Å². The SMILES string of the molecule is Cc1nn(CC(=O)O)c(C)c1S(=O)(=O)NC1CCCOC1. The maximum Gasteiger partial charge on any atom is 0.325 e. The van der Waals surface area contributed by atoms with Crippen molar-refractivity contribution in [3.05, 3.63) is 11.4 Å². The molecule has 0 amide bonds. The number of carboxylic acid groups (broad SMARTS) is 1. The number of nitrogens with zero attached hydrogens (tertiary/aromatic N) is 2. The summed E-state index contributed by atoms with van der Waals surface area (Å²) in [5.74, 6) is -1.07. The molecule has 8 nitrogen and oxygen atoms in total. The molecule has 2 N–H and O–H groups in total. The molecule has 2 heterocycles. The van der Waals surface area contributed by atoms with Crippen LogP contribution in [0.1, 0.15) is 24.2 Å². The van der Waals surface area contributed by atoms with Gasteiger partial charge in [0, 0.05) is 12.6 Å². The summed E-state index contributed by atoms with van der Waals surface area (Å²) in [6, 6.07) is -0.259. The number of sulfonamides is 1. The van der Waals surface area contributed by atoms with Crippen LogP contribution in [0.3, 0.4) is 0 Å². The fourth-order valence-corrected chi connectivity index (χ4v) is 4.13. The second-order valence-corrected chi connectivity index (χ2v) is 6.74. The van der Waals surface area contributed by atoms with Crippen LogP contribution in [0.4, 0.5) is 0 Å². The average molecular weight is 317 g/mol. The number of ether oxygens (including phenoxy) is 1. The summed E-state index contributed by atoms with van der Waals surface area (Å²) < 4.78 is 34.0. The van der Waals surface area contributed by atoms with Gasteiger partial charge in [0.05, 0.1) is 18.0 Å². The van der Waals surface area contributed by atoms with E-state index in [1.807, 2.05) is 0 Å². The van der Waals surface area contributed by atoms with E-state index in [-0.39, 0.29) is 23.2 Å². The molecule has 0 spiro atoms. The Morgan fingerprint density at radius 1 is 1.52 bits per heavy atom. The molecule has 1 atom stereocenters. The predicted molar refractivity (Wildman–Crippen MR) is 73.5 cm³/mol. The smallest absolute Gasteiger partial charge is 0.325 e. The van der Waals surface area contributed by atoms with Crippen LogP contribution in [0, 0.1) is 13.8 Å². The Morgan fingerprint density at radius 2 is 2.24 bits per heavy atom. The van der Waals surface area contributed by atoms with Crippen molar-refractivity contribution in [2.75, 3.05) is 13.2 Å². The van der Waals surface area contributed by atoms with Crippen LogP contribution in [0.2, 0.25) is 0 Å². The molecule has 9 heteroatoms. The topological polar surface area (TPSA) is 111 Å². The van der Waals surface area contributed by atoms with Crippen molar-refractivity contribution in [3.8, 4) is 0 Å². The summed E-state index contributed by atoms with van der Waals surface area (Å²) in [7, 11) is -3.74. The highest BCUT2D eigenvalue weighted by molar-refractivity contribution is 7.89. The maximum absolute atomic E-state index is 12.5. The van der Waals surface area contributed by atoms with Gasteiger partial charge in [-0.05, 0) is 26.7 Å². The first-order chi connectivity index (χ1) is 9.81. The number of aliphatic carboxylic acids is 1. The number of carbonyl (C=O) groups is 1. The first-order valence-corrected chi connectivity index (χ1v) is 8.15. The lowest BCUT2D eigenvalue weighted by Gasteiger charge is -2.23. The molecule has 0 radical (unpaired) electrons. The van der Waals surface area contributed by atoms with E-state index in [2.05, 4.69) is 9.82 Å². The van der Waals surface area contributed by atoms with Gasteiger partial charge >= 0.3 is 5.97 Å². The zero-order chi connectivity index (χ0) is 15.6.